The molecule has 0 saturated heterocycles. The first-order valence-corrected chi connectivity index (χ1v) is 11.4. The van der Waals surface area contributed by atoms with Gasteiger partial charge in [0.15, 0.2) is 5.69 Å². The highest BCUT2D eigenvalue weighted by Crippen LogP contribution is 2.26. The first-order valence-electron chi connectivity index (χ1n) is 11.4. The number of carboxylic acids is 1. The first-order chi connectivity index (χ1) is 17.0. The lowest BCUT2D eigenvalue weighted by Crippen LogP contribution is -2.38. The monoisotopic (exact) mass is 499 g/mol. The summed E-state index contributed by atoms with van der Waals surface area (Å²) in [5.74, 6) is -1.87. The number of hydrogen-bond acceptors (Lipinski definition) is 6. The van der Waals surface area contributed by atoms with Gasteiger partial charge in [0.25, 0.3) is 5.91 Å². The first kappa shape index (κ1) is 26.7. The summed E-state index contributed by atoms with van der Waals surface area (Å²) in [6, 6.07) is 13.0. The summed E-state index contributed by atoms with van der Waals surface area (Å²) in [5, 5.41) is 26.9. The number of aliphatic carboxylic acids is 1. The summed E-state index contributed by atoms with van der Waals surface area (Å²) in [5.41, 5.74) is -0.688. The highest BCUT2D eigenvalue weighted by Gasteiger charge is 2.28. The van der Waals surface area contributed by atoms with Gasteiger partial charge in [0, 0.05) is 6.07 Å². The molecule has 0 aliphatic carbocycles. The van der Waals surface area contributed by atoms with Crippen LogP contribution in [-0.2, 0) is 4.79 Å². The quantitative estimate of drug-likeness (QED) is 0.367. The Morgan fingerprint density at radius 3 is 2.42 bits per heavy atom. The van der Waals surface area contributed by atoms with Crippen molar-refractivity contribution in [2.45, 2.75) is 38.8 Å². The molecule has 0 saturated carbocycles. The van der Waals surface area contributed by atoms with Gasteiger partial charge in [-0.05, 0) is 42.7 Å². The number of ether oxygens (including phenoxy) is 2. The Morgan fingerprint density at radius 1 is 1.17 bits per heavy atom. The van der Waals surface area contributed by atoms with Gasteiger partial charge in [0.2, 0.25) is 5.88 Å². The largest absolute Gasteiger partial charge is 0.497 e. The molecule has 1 aromatic heterocycles. The lowest BCUT2D eigenvalue weighted by molar-refractivity contribution is -0.137. The number of carbonyl (C=O) groups excluding carboxylic acids is 1. The molecule has 1 heterocycles. The van der Waals surface area contributed by atoms with E-state index in [1.165, 1.54) is 31.4 Å². The van der Waals surface area contributed by atoms with Crippen molar-refractivity contribution < 1.29 is 33.7 Å². The van der Waals surface area contributed by atoms with Crippen LogP contribution in [0.1, 0.15) is 49.3 Å². The van der Waals surface area contributed by atoms with Gasteiger partial charge in [-0.3, -0.25) is 9.59 Å². The van der Waals surface area contributed by atoms with Crippen LogP contribution in [-0.4, -0.2) is 51.2 Å². The maximum atomic E-state index is 14.6. The topological polar surface area (TPSA) is 123 Å². The second kappa shape index (κ2) is 11.2. The molecular weight excluding hydrogens is 469 g/mol. The van der Waals surface area contributed by atoms with Gasteiger partial charge in [0.05, 0.1) is 25.2 Å². The number of halogens is 1. The lowest BCUT2D eigenvalue weighted by atomic mass is 9.94. The number of carboxylic acid groups (broad SMARTS) is 1. The summed E-state index contributed by atoms with van der Waals surface area (Å²) in [4.78, 5) is 24.6. The second-order valence-electron chi connectivity index (χ2n) is 8.93. The molecule has 2 aromatic carbocycles. The zero-order chi connectivity index (χ0) is 26.5. The second-order valence-corrected chi connectivity index (χ2v) is 8.93. The number of nitrogens with zero attached hydrogens (tertiary/aromatic N) is 2. The molecule has 9 nitrogen and oxygen atoms in total. The number of amides is 1. The molecule has 0 radical (unpaired) electrons. The predicted molar refractivity (Wildman–Crippen MR) is 130 cm³/mol. The Morgan fingerprint density at radius 2 is 1.83 bits per heavy atom. The van der Waals surface area contributed by atoms with Crippen molar-refractivity contribution in [3.63, 3.8) is 0 Å². The van der Waals surface area contributed by atoms with E-state index in [0.717, 1.165) is 4.68 Å². The Labute approximate surface area is 208 Å². The van der Waals surface area contributed by atoms with Crippen molar-refractivity contribution in [1.29, 1.82) is 0 Å². The van der Waals surface area contributed by atoms with Crippen LogP contribution in [0, 0.1) is 11.7 Å². The average Bonchev–Trinajstić information content (AvgIpc) is 3.26. The summed E-state index contributed by atoms with van der Waals surface area (Å²) in [6.07, 6.45) is -0.368. The highest BCUT2D eigenvalue weighted by atomic mass is 19.1. The van der Waals surface area contributed by atoms with E-state index < -0.39 is 29.3 Å². The van der Waals surface area contributed by atoms with Crippen molar-refractivity contribution in [1.82, 2.24) is 15.1 Å². The molecule has 36 heavy (non-hydrogen) atoms. The maximum absolute atomic E-state index is 14.6. The van der Waals surface area contributed by atoms with Gasteiger partial charge in [-0.2, -0.15) is 9.78 Å². The fraction of sp³-hybridized carbons (Fsp3) is 0.346. The smallest absolute Gasteiger partial charge is 0.305 e. The predicted octanol–water partition coefficient (Wildman–Crippen LogP) is 3.75. The van der Waals surface area contributed by atoms with Crippen LogP contribution in [0.15, 0.2) is 54.6 Å². The van der Waals surface area contributed by atoms with Crippen LogP contribution < -0.4 is 14.8 Å². The van der Waals surface area contributed by atoms with E-state index in [4.69, 9.17) is 9.47 Å². The molecule has 0 bridgehead atoms. The minimum atomic E-state index is -1.19. The molecule has 0 spiro atoms. The molecular formula is C26H30FN3O6. The van der Waals surface area contributed by atoms with Crippen LogP contribution in [0.3, 0.4) is 0 Å². The molecule has 10 heteroatoms. The zero-order valence-electron chi connectivity index (χ0n) is 20.6. The van der Waals surface area contributed by atoms with E-state index in [-0.39, 0.29) is 36.2 Å². The number of hydrogen-bond donors (Lipinski definition) is 3. The third-order valence-corrected chi connectivity index (χ3v) is 5.95. The van der Waals surface area contributed by atoms with Crippen LogP contribution in [0.5, 0.6) is 11.6 Å². The zero-order valence-corrected chi connectivity index (χ0v) is 20.6. The van der Waals surface area contributed by atoms with Gasteiger partial charge < -0.3 is 25.0 Å². The summed E-state index contributed by atoms with van der Waals surface area (Å²) in [6.45, 7) is 5.15. The summed E-state index contributed by atoms with van der Waals surface area (Å²) in [7, 11) is 1.51. The Bertz CT molecular complexity index is 1210. The van der Waals surface area contributed by atoms with E-state index in [1.807, 2.05) is 13.8 Å². The third-order valence-electron chi connectivity index (χ3n) is 5.95. The van der Waals surface area contributed by atoms with Crippen LogP contribution >= 0.6 is 0 Å². The summed E-state index contributed by atoms with van der Waals surface area (Å²) < 4.78 is 26.6. The van der Waals surface area contributed by atoms with E-state index in [0.29, 0.717) is 11.3 Å². The molecule has 0 aliphatic heterocycles. The van der Waals surface area contributed by atoms with Gasteiger partial charge in [0.1, 0.15) is 23.9 Å². The highest BCUT2D eigenvalue weighted by molar-refractivity contribution is 5.93. The Balaban J connectivity index is 1.93. The fourth-order valence-corrected chi connectivity index (χ4v) is 3.26. The number of nitrogens with one attached hydrogen (secondary N) is 1. The molecule has 3 rings (SSSR count). The fourth-order valence-electron chi connectivity index (χ4n) is 3.26. The standard InChI is InChI=1S/C26H30FN3O6/c1-16(2)26(3,34)15-36-23-13-21(29-30(23)22-8-6-5-7-19(22)27)25(33)28-20(14-24(31)32)17-9-11-18(35-4)12-10-17/h5-13,16,20,34H,14-15H2,1-4H3,(H,28,33)(H,31,32)/t20?,26-/m1/s1. The van der Waals surface area contributed by atoms with Crippen molar-refractivity contribution in [3.05, 3.63) is 71.7 Å². The van der Waals surface area contributed by atoms with Gasteiger partial charge >= 0.3 is 5.97 Å². The minimum Gasteiger partial charge on any atom is -0.497 e. The Hall–Kier alpha value is -3.92. The van der Waals surface area contributed by atoms with E-state index in [9.17, 15) is 24.2 Å². The van der Waals surface area contributed by atoms with Gasteiger partial charge in [-0.15, -0.1) is 0 Å². The molecule has 0 fully saturated rings. The van der Waals surface area contributed by atoms with Crippen molar-refractivity contribution in [3.8, 4) is 17.3 Å². The molecule has 192 valence electrons. The van der Waals surface area contributed by atoms with Crippen LogP contribution in [0.2, 0.25) is 0 Å². The number of benzene rings is 2. The van der Waals surface area contributed by atoms with Crippen LogP contribution in [0.4, 0.5) is 4.39 Å². The van der Waals surface area contributed by atoms with Crippen molar-refractivity contribution >= 4 is 11.9 Å². The normalized spacial score (nSPS) is 13.6. The van der Waals surface area contributed by atoms with Crippen LogP contribution in [0.25, 0.3) is 5.69 Å². The number of carbonyl (C=O) groups is 2. The number of aliphatic hydroxyl groups is 1. The molecule has 3 N–H and O–H groups in total. The minimum absolute atomic E-state index is 0.0467. The maximum Gasteiger partial charge on any atom is 0.305 e. The van der Waals surface area contributed by atoms with Gasteiger partial charge in [-0.25, -0.2) is 4.39 Å². The molecule has 1 amide bonds. The Kier molecular flexibility index (Phi) is 8.31. The molecule has 0 aliphatic rings. The summed E-state index contributed by atoms with van der Waals surface area (Å²) >= 11 is 0. The van der Waals surface area contributed by atoms with E-state index in [1.54, 1.807) is 37.3 Å². The third kappa shape index (κ3) is 6.39. The van der Waals surface area contributed by atoms with Gasteiger partial charge in [-0.1, -0.05) is 38.1 Å². The number of methoxy groups -OCH3 is 1. The number of rotatable bonds is 11. The molecule has 2 atom stereocenters. The van der Waals surface area contributed by atoms with Crippen molar-refractivity contribution in [2.75, 3.05) is 13.7 Å². The van der Waals surface area contributed by atoms with E-state index >= 15 is 0 Å². The SMILES string of the molecule is COc1ccc(C(CC(=O)O)NC(=O)c2cc(OC[C@@](C)(O)C(C)C)n(-c3ccccc3F)n2)cc1. The molecule has 3 aromatic rings. The molecule has 1 unspecified atom stereocenters. The lowest BCUT2D eigenvalue weighted by Gasteiger charge is -2.27. The number of aromatic nitrogens is 2. The van der Waals surface area contributed by atoms with E-state index in [2.05, 4.69) is 10.4 Å². The average molecular weight is 500 g/mol. The number of para-hydroxylation sites is 1. The van der Waals surface area contributed by atoms with Crippen molar-refractivity contribution in [2.24, 2.45) is 5.92 Å².